The van der Waals surface area contributed by atoms with Crippen molar-refractivity contribution in [2.24, 2.45) is 5.92 Å². The number of hydrogen-bond acceptors (Lipinski definition) is 3. The van der Waals surface area contributed by atoms with E-state index in [0.717, 1.165) is 6.08 Å². The van der Waals surface area contributed by atoms with Crippen LogP contribution < -0.4 is 0 Å². The Morgan fingerprint density at radius 2 is 2.10 bits per heavy atom. The fourth-order valence-corrected chi connectivity index (χ4v) is 2.39. The Hall–Kier alpha value is -1.59. The SMILES string of the molecule is CCOC(=O)C1CCC(=O)C(CC/C=C/C(F)(F)F)=C1C. The topological polar surface area (TPSA) is 43.4 Å². The van der Waals surface area contributed by atoms with Crippen LogP contribution in [0.25, 0.3) is 0 Å². The Balaban J connectivity index is 2.76. The Kier molecular flexibility index (Phi) is 6.18. The first-order chi connectivity index (χ1) is 9.76. The van der Waals surface area contributed by atoms with E-state index in [1.165, 1.54) is 0 Å². The normalized spacial score (nSPS) is 20.2. The lowest BCUT2D eigenvalue weighted by Gasteiger charge is -2.24. The molecular formula is C15H19F3O3. The maximum Gasteiger partial charge on any atom is 0.409 e. The Morgan fingerprint density at radius 3 is 2.67 bits per heavy atom. The number of hydrogen-bond donors (Lipinski definition) is 0. The third kappa shape index (κ3) is 5.36. The number of rotatable bonds is 5. The fraction of sp³-hybridized carbons (Fsp3) is 0.600. The van der Waals surface area contributed by atoms with E-state index in [1.807, 2.05) is 0 Å². The molecule has 0 aromatic heterocycles. The third-order valence-corrected chi connectivity index (χ3v) is 3.43. The van der Waals surface area contributed by atoms with Gasteiger partial charge in [-0.2, -0.15) is 13.2 Å². The molecule has 0 heterocycles. The Bertz CT molecular complexity index is 461. The molecular weight excluding hydrogens is 285 g/mol. The summed E-state index contributed by atoms with van der Waals surface area (Å²) in [7, 11) is 0. The van der Waals surface area contributed by atoms with Crippen LogP contribution in [0.1, 0.15) is 39.5 Å². The number of alkyl halides is 3. The maximum atomic E-state index is 12.0. The van der Waals surface area contributed by atoms with Gasteiger partial charge in [0, 0.05) is 12.5 Å². The van der Waals surface area contributed by atoms with E-state index < -0.39 is 12.1 Å². The molecule has 0 saturated carbocycles. The summed E-state index contributed by atoms with van der Waals surface area (Å²) < 4.78 is 41.0. The summed E-state index contributed by atoms with van der Waals surface area (Å²) >= 11 is 0. The molecule has 0 aliphatic heterocycles. The van der Waals surface area contributed by atoms with Crippen molar-refractivity contribution in [3.05, 3.63) is 23.3 Å². The van der Waals surface area contributed by atoms with Crippen LogP contribution in [0.5, 0.6) is 0 Å². The molecule has 0 aromatic carbocycles. The summed E-state index contributed by atoms with van der Waals surface area (Å²) in [6, 6.07) is 0. The largest absolute Gasteiger partial charge is 0.466 e. The third-order valence-electron chi connectivity index (χ3n) is 3.43. The molecule has 0 bridgehead atoms. The van der Waals surface area contributed by atoms with Gasteiger partial charge in [-0.15, -0.1) is 0 Å². The average Bonchev–Trinajstić information content (AvgIpc) is 2.36. The molecule has 0 amide bonds. The Labute approximate surface area is 121 Å². The van der Waals surface area contributed by atoms with Crippen molar-refractivity contribution < 1.29 is 27.5 Å². The first kappa shape index (κ1) is 17.5. The number of ketones is 1. The molecule has 0 spiro atoms. The highest BCUT2D eigenvalue weighted by Gasteiger charge is 2.31. The predicted octanol–water partition coefficient (Wildman–Crippen LogP) is 3.74. The minimum absolute atomic E-state index is 0.0894. The van der Waals surface area contributed by atoms with Crippen LogP contribution in [0, 0.1) is 5.92 Å². The van der Waals surface area contributed by atoms with E-state index >= 15 is 0 Å². The minimum Gasteiger partial charge on any atom is -0.466 e. The molecule has 1 aliphatic rings. The summed E-state index contributed by atoms with van der Waals surface area (Å²) in [6.07, 6.45) is -2.20. The summed E-state index contributed by atoms with van der Waals surface area (Å²) in [5, 5.41) is 0. The van der Waals surface area contributed by atoms with Crippen molar-refractivity contribution in [1.29, 1.82) is 0 Å². The summed E-state index contributed by atoms with van der Waals surface area (Å²) in [5.41, 5.74) is 1.09. The van der Waals surface area contributed by atoms with Gasteiger partial charge in [0.05, 0.1) is 12.5 Å². The van der Waals surface area contributed by atoms with Crippen molar-refractivity contribution in [1.82, 2.24) is 0 Å². The van der Waals surface area contributed by atoms with Crippen molar-refractivity contribution in [2.75, 3.05) is 6.61 Å². The molecule has 1 unspecified atom stereocenters. The van der Waals surface area contributed by atoms with Crippen molar-refractivity contribution in [2.45, 2.75) is 45.7 Å². The first-order valence-electron chi connectivity index (χ1n) is 6.90. The second-order valence-electron chi connectivity index (χ2n) is 4.91. The summed E-state index contributed by atoms with van der Waals surface area (Å²) in [4.78, 5) is 23.7. The van der Waals surface area contributed by atoms with Gasteiger partial charge in [0.15, 0.2) is 5.78 Å². The van der Waals surface area contributed by atoms with Crippen LogP contribution in [0.15, 0.2) is 23.3 Å². The molecule has 1 rings (SSSR count). The van der Waals surface area contributed by atoms with Gasteiger partial charge in [-0.05, 0) is 38.7 Å². The van der Waals surface area contributed by atoms with Crippen LogP contribution in [0.4, 0.5) is 13.2 Å². The van der Waals surface area contributed by atoms with Gasteiger partial charge in [-0.1, -0.05) is 11.6 Å². The Morgan fingerprint density at radius 1 is 1.43 bits per heavy atom. The van der Waals surface area contributed by atoms with Gasteiger partial charge < -0.3 is 4.74 Å². The van der Waals surface area contributed by atoms with Crippen LogP contribution >= 0.6 is 0 Å². The lowest BCUT2D eigenvalue weighted by Crippen LogP contribution is -2.26. The average molecular weight is 304 g/mol. The fourth-order valence-electron chi connectivity index (χ4n) is 2.39. The van der Waals surface area contributed by atoms with Crippen molar-refractivity contribution in [3.63, 3.8) is 0 Å². The van der Waals surface area contributed by atoms with E-state index in [0.29, 0.717) is 17.6 Å². The first-order valence-corrected chi connectivity index (χ1v) is 6.90. The van der Waals surface area contributed by atoms with Gasteiger partial charge >= 0.3 is 12.1 Å². The molecule has 3 nitrogen and oxygen atoms in total. The number of carbonyl (C=O) groups excluding carboxylic acids is 2. The van der Waals surface area contributed by atoms with E-state index in [4.69, 9.17) is 4.74 Å². The van der Waals surface area contributed by atoms with Crippen molar-refractivity contribution in [3.8, 4) is 0 Å². The number of ether oxygens (including phenoxy) is 1. The quantitative estimate of drug-likeness (QED) is 0.574. The van der Waals surface area contributed by atoms with Crippen LogP contribution in [-0.4, -0.2) is 24.5 Å². The standard InChI is InChI=1S/C15H19F3O3/c1-3-21-14(20)12-7-8-13(19)11(10(12)2)6-4-5-9-15(16,17)18/h5,9,12H,3-4,6-8H2,1-2H3/b9-5+. The molecule has 0 aromatic rings. The second-order valence-corrected chi connectivity index (χ2v) is 4.91. The minimum atomic E-state index is -4.34. The molecule has 118 valence electrons. The molecule has 0 fully saturated rings. The number of esters is 1. The van der Waals surface area contributed by atoms with Gasteiger partial charge in [0.1, 0.15) is 0 Å². The predicted molar refractivity (Wildman–Crippen MR) is 71.5 cm³/mol. The summed E-state index contributed by atoms with van der Waals surface area (Å²) in [5.74, 6) is -0.913. The molecule has 0 saturated heterocycles. The van der Waals surface area contributed by atoms with Crippen LogP contribution in [0.2, 0.25) is 0 Å². The monoisotopic (exact) mass is 304 g/mol. The highest BCUT2D eigenvalue weighted by atomic mass is 19.4. The number of allylic oxidation sites excluding steroid dienone is 3. The zero-order valence-electron chi connectivity index (χ0n) is 12.1. The lowest BCUT2D eigenvalue weighted by atomic mass is 9.81. The van der Waals surface area contributed by atoms with Crippen LogP contribution in [0.3, 0.4) is 0 Å². The smallest absolute Gasteiger partial charge is 0.409 e. The van der Waals surface area contributed by atoms with E-state index in [9.17, 15) is 22.8 Å². The molecule has 6 heteroatoms. The van der Waals surface area contributed by atoms with E-state index in [2.05, 4.69) is 0 Å². The lowest BCUT2D eigenvalue weighted by molar-refractivity contribution is -0.147. The molecule has 0 radical (unpaired) electrons. The number of halogens is 3. The van der Waals surface area contributed by atoms with Crippen molar-refractivity contribution >= 4 is 11.8 Å². The van der Waals surface area contributed by atoms with Gasteiger partial charge in [-0.25, -0.2) is 0 Å². The highest BCUT2D eigenvalue weighted by Crippen LogP contribution is 2.31. The summed E-state index contributed by atoms with van der Waals surface area (Å²) in [6.45, 7) is 3.65. The van der Waals surface area contributed by atoms with Gasteiger partial charge in [0.25, 0.3) is 0 Å². The molecule has 21 heavy (non-hydrogen) atoms. The van der Waals surface area contributed by atoms with Gasteiger partial charge in [0.2, 0.25) is 0 Å². The van der Waals surface area contributed by atoms with Gasteiger partial charge in [-0.3, -0.25) is 9.59 Å². The zero-order valence-corrected chi connectivity index (χ0v) is 12.1. The molecule has 0 N–H and O–H groups in total. The molecule has 1 atom stereocenters. The van der Waals surface area contributed by atoms with Crippen LogP contribution in [-0.2, 0) is 14.3 Å². The molecule has 1 aliphatic carbocycles. The number of carbonyl (C=O) groups is 2. The number of Topliss-reactive ketones (excluding diaryl/α,β-unsaturated/α-hetero) is 1. The maximum absolute atomic E-state index is 12.0. The van der Waals surface area contributed by atoms with E-state index in [-0.39, 0.29) is 43.7 Å². The zero-order chi connectivity index (χ0) is 16.0. The van der Waals surface area contributed by atoms with E-state index in [1.54, 1.807) is 13.8 Å². The second kappa shape index (κ2) is 7.43. The highest BCUT2D eigenvalue weighted by molar-refractivity contribution is 5.98.